The van der Waals surface area contributed by atoms with Crippen molar-refractivity contribution >= 4 is 11.6 Å². The van der Waals surface area contributed by atoms with E-state index in [0.29, 0.717) is 17.0 Å². The maximum absolute atomic E-state index is 13.1. The van der Waals surface area contributed by atoms with Gasteiger partial charge in [0.1, 0.15) is 5.82 Å². The Morgan fingerprint density at radius 3 is 2.74 bits per heavy atom. The van der Waals surface area contributed by atoms with Crippen LogP contribution < -0.4 is 5.32 Å². The highest BCUT2D eigenvalue weighted by Crippen LogP contribution is 2.35. The summed E-state index contributed by atoms with van der Waals surface area (Å²) in [5.74, 6) is 1.25. The van der Waals surface area contributed by atoms with Crippen LogP contribution in [0.1, 0.15) is 51.6 Å². The van der Waals surface area contributed by atoms with Gasteiger partial charge in [-0.15, -0.1) is 0 Å². The van der Waals surface area contributed by atoms with Crippen LogP contribution in [0.25, 0.3) is 0 Å². The molecule has 1 fully saturated rings. The molecule has 0 radical (unpaired) electrons. The molecule has 0 aliphatic heterocycles. The van der Waals surface area contributed by atoms with Crippen molar-refractivity contribution in [2.75, 3.05) is 0 Å². The van der Waals surface area contributed by atoms with E-state index in [1.54, 1.807) is 6.07 Å². The van der Waals surface area contributed by atoms with Crippen molar-refractivity contribution in [1.29, 1.82) is 0 Å². The molecule has 3 heteroatoms. The number of benzene rings is 1. The summed E-state index contributed by atoms with van der Waals surface area (Å²) in [6.45, 7) is 6.70. The molecule has 1 aromatic rings. The van der Waals surface area contributed by atoms with Crippen molar-refractivity contribution < 1.29 is 4.39 Å². The average Bonchev–Trinajstić information content (AvgIpc) is 2.70. The predicted octanol–water partition coefficient (Wildman–Crippen LogP) is 4.95. The second-order valence-electron chi connectivity index (χ2n) is 5.77. The molecule has 0 heterocycles. The Morgan fingerprint density at radius 1 is 1.42 bits per heavy atom. The summed E-state index contributed by atoms with van der Waals surface area (Å²) in [4.78, 5) is 0. The van der Waals surface area contributed by atoms with Gasteiger partial charge < -0.3 is 5.32 Å². The molecule has 1 aliphatic rings. The zero-order chi connectivity index (χ0) is 14.0. The van der Waals surface area contributed by atoms with Crippen molar-refractivity contribution in [2.45, 2.75) is 52.1 Å². The lowest BCUT2D eigenvalue weighted by Crippen LogP contribution is -2.34. The van der Waals surface area contributed by atoms with E-state index in [1.165, 1.54) is 31.4 Å². The monoisotopic (exact) mass is 283 g/mol. The van der Waals surface area contributed by atoms with Crippen LogP contribution in [-0.4, -0.2) is 6.04 Å². The first kappa shape index (κ1) is 14.8. The molecule has 1 aliphatic carbocycles. The number of hydrogen-bond donors (Lipinski definition) is 1. The zero-order valence-electron chi connectivity index (χ0n) is 11.9. The molecule has 1 N–H and O–H groups in total. The second kappa shape index (κ2) is 6.23. The third-order valence-corrected chi connectivity index (χ3v) is 4.97. The van der Waals surface area contributed by atoms with E-state index in [2.05, 4.69) is 26.1 Å². The van der Waals surface area contributed by atoms with Crippen LogP contribution in [0.15, 0.2) is 18.2 Å². The summed E-state index contributed by atoms with van der Waals surface area (Å²) < 4.78 is 13.1. The van der Waals surface area contributed by atoms with Gasteiger partial charge in [-0.3, -0.25) is 0 Å². The summed E-state index contributed by atoms with van der Waals surface area (Å²) >= 11 is 6.12. The first-order valence-corrected chi connectivity index (χ1v) is 7.61. The topological polar surface area (TPSA) is 12.0 Å². The van der Waals surface area contributed by atoms with Gasteiger partial charge in [-0.2, -0.15) is 0 Å². The largest absolute Gasteiger partial charge is 0.307 e. The number of halogens is 2. The van der Waals surface area contributed by atoms with Crippen LogP contribution in [0.2, 0.25) is 5.02 Å². The lowest BCUT2D eigenvalue weighted by molar-refractivity contribution is 0.327. The number of rotatable bonds is 4. The molecule has 2 rings (SSSR count). The van der Waals surface area contributed by atoms with Crippen molar-refractivity contribution in [3.8, 4) is 0 Å². The minimum absolute atomic E-state index is 0.163. The summed E-state index contributed by atoms with van der Waals surface area (Å²) in [5, 5.41) is 4.17. The van der Waals surface area contributed by atoms with Gasteiger partial charge in [0.15, 0.2) is 0 Å². The van der Waals surface area contributed by atoms with Gasteiger partial charge in [-0.25, -0.2) is 4.39 Å². The van der Waals surface area contributed by atoms with E-state index in [9.17, 15) is 4.39 Å². The van der Waals surface area contributed by atoms with Crippen LogP contribution >= 0.6 is 11.6 Å². The van der Waals surface area contributed by atoms with Crippen LogP contribution in [0.5, 0.6) is 0 Å². The zero-order valence-corrected chi connectivity index (χ0v) is 12.7. The van der Waals surface area contributed by atoms with Crippen LogP contribution in [0, 0.1) is 17.7 Å². The van der Waals surface area contributed by atoms with Gasteiger partial charge in [-0.1, -0.05) is 37.9 Å². The minimum Gasteiger partial charge on any atom is -0.307 e. The molecule has 0 bridgehead atoms. The van der Waals surface area contributed by atoms with E-state index < -0.39 is 0 Å². The highest BCUT2D eigenvalue weighted by atomic mass is 35.5. The van der Waals surface area contributed by atoms with Crippen molar-refractivity contribution in [1.82, 2.24) is 5.32 Å². The Bertz CT molecular complexity index is 435. The number of hydrogen-bond acceptors (Lipinski definition) is 1. The fourth-order valence-electron chi connectivity index (χ4n) is 3.32. The predicted molar refractivity (Wildman–Crippen MR) is 78.9 cm³/mol. The van der Waals surface area contributed by atoms with Crippen molar-refractivity contribution in [3.63, 3.8) is 0 Å². The van der Waals surface area contributed by atoms with E-state index in [1.807, 2.05) is 0 Å². The summed E-state index contributed by atoms with van der Waals surface area (Å²) in [6.07, 6.45) is 3.78. The molecule has 106 valence electrons. The molecule has 0 amide bonds. The van der Waals surface area contributed by atoms with Gasteiger partial charge in [0.05, 0.1) is 0 Å². The van der Waals surface area contributed by atoms with Gasteiger partial charge >= 0.3 is 0 Å². The Balaban J connectivity index is 2.03. The van der Waals surface area contributed by atoms with Gasteiger partial charge in [0.2, 0.25) is 0 Å². The Kier molecular flexibility index (Phi) is 4.86. The molecule has 1 nitrogen and oxygen atoms in total. The van der Waals surface area contributed by atoms with Gasteiger partial charge in [0.25, 0.3) is 0 Å². The fraction of sp³-hybridized carbons (Fsp3) is 0.625. The first-order valence-electron chi connectivity index (χ1n) is 7.24. The second-order valence-corrected chi connectivity index (χ2v) is 6.17. The van der Waals surface area contributed by atoms with E-state index >= 15 is 0 Å². The lowest BCUT2D eigenvalue weighted by atomic mass is 9.93. The molecule has 0 saturated heterocycles. The van der Waals surface area contributed by atoms with Crippen LogP contribution in [0.4, 0.5) is 4.39 Å². The van der Waals surface area contributed by atoms with Crippen LogP contribution in [-0.2, 0) is 0 Å². The van der Waals surface area contributed by atoms with Crippen molar-refractivity contribution in [2.24, 2.45) is 11.8 Å². The third kappa shape index (κ3) is 3.29. The highest BCUT2D eigenvalue weighted by molar-refractivity contribution is 6.31. The normalized spacial score (nSPS) is 28.6. The average molecular weight is 284 g/mol. The minimum atomic E-state index is -0.277. The molecular formula is C16H23ClFN. The van der Waals surface area contributed by atoms with E-state index in [-0.39, 0.29) is 11.9 Å². The summed E-state index contributed by atoms with van der Waals surface area (Å²) in [7, 11) is 0. The Hall–Kier alpha value is -0.600. The smallest absolute Gasteiger partial charge is 0.124 e. The van der Waals surface area contributed by atoms with E-state index in [4.69, 9.17) is 11.6 Å². The molecule has 1 saturated carbocycles. The summed E-state index contributed by atoms with van der Waals surface area (Å²) in [6, 6.07) is 5.36. The Labute approximate surface area is 120 Å². The third-order valence-electron chi connectivity index (χ3n) is 4.64. The first-order chi connectivity index (χ1) is 9.02. The molecule has 4 atom stereocenters. The van der Waals surface area contributed by atoms with Crippen LogP contribution in [0.3, 0.4) is 0 Å². The van der Waals surface area contributed by atoms with Gasteiger partial charge in [-0.05, 0) is 49.3 Å². The quantitative estimate of drug-likeness (QED) is 0.824. The molecular weight excluding hydrogens is 261 g/mol. The molecule has 1 aromatic carbocycles. The molecule has 0 aromatic heterocycles. The molecule has 4 unspecified atom stereocenters. The maximum atomic E-state index is 13.1. The van der Waals surface area contributed by atoms with Gasteiger partial charge in [0, 0.05) is 17.1 Å². The van der Waals surface area contributed by atoms with E-state index in [0.717, 1.165) is 11.5 Å². The SMILES string of the molecule is CCC1CCC(NC(C)c2ccc(F)cc2Cl)C1C. The van der Waals surface area contributed by atoms with Crippen molar-refractivity contribution in [3.05, 3.63) is 34.6 Å². The Morgan fingerprint density at radius 2 is 2.16 bits per heavy atom. The number of nitrogens with one attached hydrogen (secondary N) is 1. The maximum Gasteiger partial charge on any atom is 0.124 e. The fourth-order valence-corrected chi connectivity index (χ4v) is 3.65. The standard InChI is InChI=1S/C16H23ClFN/c1-4-12-5-8-16(10(12)2)19-11(3)14-7-6-13(18)9-15(14)17/h6-7,9-12,16,19H,4-5,8H2,1-3H3. The highest BCUT2D eigenvalue weighted by Gasteiger charge is 2.32. The lowest BCUT2D eigenvalue weighted by Gasteiger charge is -2.25. The summed E-state index contributed by atoms with van der Waals surface area (Å²) in [5.41, 5.74) is 0.982. The molecule has 19 heavy (non-hydrogen) atoms. The molecule has 0 spiro atoms.